The van der Waals surface area contributed by atoms with E-state index in [2.05, 4.69) is 0 Å². The molecule has 0 bridgehead atoms. The first-order valence-electron chi connectivity index (χ1n) is 6.82. The molecule has 0 spiro atoms. The van der Waals surface area contributed by atoms with Crippen LogP contribution in [0.4, 0.5) is 9.59 Å². The summed E-state index contributed by atoms with van der Waals surface area (Å²) in [5.74, 6) is -1.09. The van der Waals surface area contributed by atoms with Gasteiger partial charge in [-0.15, -0.1) is 0 Å². The Morgan fingerprint density at radius 2 is 1.72 bits per heavy atom. The molecule has 1 saturated heterocycles. The van der Waals surface area contributed by atoms with E-state index >= 15 is 0 Å². The minimum atomic E-state index is -2.28. The smallest absolute Gasteiger partial charge is 0.328 e. The van der Waals surface area contributed by atoms with E-state index in [1.165, 1.54) is 0 Å². The summed E-state index contributed by atoms with van der Waals surface area (Å²) in [4.78, 5) is 35.7. The van der Waals surface area contributed by atoms with E-state index in [4.69, 9.17) is 30.6 Å². The van der Waals surface area contributed by atoms with Crippen molar-refractivity contribution in [3.63, 3.8) is 0 Å². The normalized spacial score (nSPS) is 19.4. The number of hydrogen-bond donors (Lipinski definition) is 9. The summed E-state index contributed by atoms with van der Waals surface area (Å²) in [7, 11) is 0. The molecule has 1 unspecified atom stereocenters. The lowest BCUT2D eigenvalue weighted by Gasteiger charge is -2.40. The predicted molar refractivity (Wildman–Crippen MR) is 77.0 cm³/mol. The summed E-state index contributed by atoms with van der Waals surface area (Å²) < 4.78 is 0. The van der Waals surface area contributed by atoms with Gasteiger partial charge >= 0.3 is 12.1 Å². The second-order valence-electron chi connectivity index (χ2n) is 4.53. The van der Waals surface area contributed by atoms with Crippen LogP contribution in [0.1, 0.15) is 0 Å². The van der Waals surface area contributed by atoms with Crippen LogP contribution in [0.5, 0.6) is 0 Å². The molecule has 9 N–H and O–H groups in total. The maximum absolute atomic E-state index is 11.8. The molecule has 0 saturated carbocycles. The Labute approximate surface area is 141 Å². The Hall–Kier alpha value is -2.07. The number of hydrogen-bond acceptors (Lipinski definition) is 10. The van der Waals surface area contributed by atoms with Crippen molar-refractivity contribution in [2.45, 2.75) is 11.8 Å². The van der Waals surface area contributed by atoms with Gasteiger partial charge in [0.05, 0.1) is 19.8 Å². The Kier molecular flexibility index (Phi) is 9.84. The van der Waals surface area contributed by atoms with Gasteiger partial charge in [-0.25, -0.2) is 9.59 Å². The fourth-order valence-corrected chi connectivity index (χ4v) is 1.82. The number of rotatable bonds is 7. The van der Waals surface area contributed by atoms with Gasteiger partial charge in [-0.1, -0.05) is 0 Å². The summed E-state index contributed by atoms with van der Waals surface area (Å²) in [5, 5.41) is 63.9. The van der Waals surface area contributed by atoms with Crippen molar-refractivity contribution in [1.29, 1.82) is 0 Å². The third kappa shape index (κ3) is 4.95. The fraction of sp³-hybridized carbons (Fsp3) is 0.727. The van der Waals surface area contributed by atoms with E-state index < -0.39 is 56.5 Å². The molecule has 14 nitrogen and oxygen atoms in total. The molecule has 1 rings (SSSR count). The Balaban J connectivity index is 0.000000823. The molecule has 146 valence electrons. The van der Waals surface area contributed by atoms with Crippen LogP contribution in [0.25, 0.3) is 0 Å². The molecule has 1 heterocycles. The minimum Gasteiger partial charge on any atom is -0.394 e. The Morgan fingerprint density at radius 1 is 1.16 bits per heavy atom. The fourth-order valence-electron chi connectivity index (χ4n) is 1.82. The van der Waals surface area contributed by atoms with Crippen molar-refractivity contribution in [2.24, 2.45) is 0 Å². The van der Waals surface area contributed by atoms with Gasteiger partial charge in [0, 0.05) is 0 Å². The average Bonchev–Trinajstić information content (AvgIpc) is 2.85. The molecule has 5 amide bonds. The average molecular weight is 370 g/mol. The van der Waals surface area contributed by atoms with Crippen LogP contribution in [0.3, 0.4) is 0 Å². The first-order chi connectivity index (χ1) is 11.8. The number of aliphatic hydroxyl groups excluding tert-OH is 7. The van der Waals surface area contributed by atoms with Crippen LogP contribution < -0.4 is 10.6 Å². The van der Waals surface area contributed by atoms with E-state index in [1.54, 1.807) is 5.32 Å². The molecule has 0 aliphatic carbocycles. The molecule has 25 heavy (non-hydrogen) atoms. The van der Waals surface area contributed by atoms with E-state index in [0.717, 1.165) is 0 Å². The first-order valence-corrected chi connectivity index (χ1v) is 6.82. The van der Waals surface area contributed by atoms with Gasteiger partial charge in [0.15, 0.2) is 0 Å². The Morgan fingerprint density at radius 3 is 2.04 bits per heavy atom. The molecule has 0 aromatic rings. The largest absolute Gasteiger partial charge is 0.394 e. The maximum Gasteiger partial charge on any atom is 0.328 e. The van der Waals surface area contributed by atoms with E-state index in [1.807, 2.05) is 5.32 Å². The lowest BCUT2D eigenvalue weighted by atomic mass is 10.1. The predicted octanol–water partition coefficient (Wildman–Crippen LogP) is -5.58. The van der Waals surface area contributed by atoms with E-state index in [-0.39, 0.29) is 13.2 Å². The van der Waals surface area contributed by atoms with E-state index in [0.29, 0.717) is 9.80 Å². The quantitative estimate of drug-likeness (QED) is 0.152. The van der Waals surface area contributed by atoms with Crippen LogP contribution in [-0.4, -0.2) is 115 Å². The van der Waals surface area contributed by atoms with Crippen molar-refractivity contribution >= 4 is 18.0 Å². The molecular weight excluding hydrogens is 348 g/mol. The minimum absolute atomic E-state index is 0.365. The molecule has 1 fully saturated rings. The zero-order chi connectivity index (χ0) is 19.6. The van der Waals surface area contributed by atoms with Gasteiger partial charge < -0.3 is 41.1 Å². The van der Waals surface area contributed by atoms with Crippen LogP contribution >= 0.6 is 0 Å². The van der Waals surface area contributed by atoms with Crippen LogP contribution in [0, 0.1) is 0 Å². The number of aliphatic hydroxyl groups is 7. The number of nitrogens with zero attached hydrogens (tertiary/aromatic N) is 2. The van der Waals surface area contributed by atoms with Gasteiger partial charge in [0.25, 0.3) is 5.91 Å². The highest BCUT2D eigenvalue weighted by Gasteiger charge is 2.58. The number of carbonyl (C=O) groups is 3. The molecule has 0 aromatic heterocycles. The van der Waals surface area contributed by atoms with Gasteiger partial charge in [-0.05, 0) is 0 Å². The number of imide groups is 1. The molecule has 0 aromatic carbocycles. The molecule has 1 aliphatic heterocycles. The summed E-state index contributed by atoms with van der Waals surface area (Å²) in [6.07, 6.45) is -0.954. The number of urea groups is 2. The molecule has 1 aliphatic rings. The summed E-state index contributed by atoms with van der Waals surface area (Å²) >= 11 is 0. The van der Waals surface area contributed by atoms with Gasteiger partial charge in [-0.2, -0.15) is 0 Å². The summed E-state index contributed by atoms with van der Waals surface area (Å²) in [6, 6.07) is -2.14. The topological polar surface area (TPSA) is 223 Å². The van der Waals surface area contributed by atoms with Crippen LogP contribution in [0.15, 0.2) is 0 Å². The summed E-state index contributed by atoms with van der Waals surface area (Å²) in [6.45, 7) is -4.58. The third-order valence-corrected chi connectivity index (χ3v) is 3.12. The first kappa shape index (κ1) is 22.9. The number of nitrogens with one attached hydrogen (secondary N) is 2. The van der Waals surface area contributed by atoms with Crippen molar-refractivity contribution in [3.8, 4) is 0 Å². The van der Waals surface area contributed by atoms with Crippen LogP contribution in [0.2, 0.25) is 0 Å². The van der Waals surface area contributed by atoms with Crippen LogP contribution in [-0.2, 0) is 4.79 Å². The molecular formula is C11H22N4O10. The highest BCUT2D eigenvalue weighted by Crippen LogP contribution is 2.25. The number of carbonyl (C=O) groups excluding carboxylic acids is 3. The third-order valence-electron chi connectivity index (χ3n) is 3.12. The van der Waals surface area contributed by atoms with Gasteiger partial charge in [-0.3, -0.25) is 19.9 Å². The lowest BCUT2D eigenvalue weighted by molar-refractivity contribution is -0.147. The Bertz CT molecular complexity index is 460. The van der Waals surface area contributed by atoms with Crippen molar-refractivity contribution in [3.05, 3.63) is 0 Å². The van der Waals surface area contributed by atoms with Gasteiger partial charge in [0.2, 0.25) is 5.66 Å². The highest BCUT2D eigenvalue weighted by atomic mass is 16.3. The second kappa shape index (κ2) is 10.7. The molecule has 0 radical (unpaired) electrons. The number of amides is 5. The van der Waals surface area contributed by atoms with Crippen molar-refractivity contribution < 1.29 is 50.1 Å². The van der Waals surface area contributed by atoms with E-state index in [9.17, 15) is 19.5 Å². The molecule has 1 atom stereocenters. The zero-order valence-electron chi connectivity index (χ0n) is 13.1. The standard InChI is InChI=1S/C8H14N4O7.C3H8O3/c13-1-8(11(3-15)6(18)9-2-14)5(17)10-7(19)12(8)4-16;4-1-3(6)2-5/h13-16H,1-4H2,(H,9,18)(H,10,17,19);3-6H,1-2H2. The summed E-state index contributed by atoms with van der Waals surface area (Å²) in [5.41, 5.74) is -2.28. The lowest BCUT2D eigenvalue weighted by Crippen LogP contribution is -2.68. The van der Waals surface area contributed by atoms with Crippen molar-refractivity contribution in [2.75, 3.05) is 40.0 Å². The molecule has 14 heteroatoms. The highest BCUT2D eigenvalue weighted by molar-refractivity contribution is 6.08. The van der Waals surface area contributed by atoms with Gasteiger partial charge in [0.1, 0.15) is 26.3 Å². The second-order valence-corrected chi connectivity index (χ2v) is 4.53. The van der Waals surface area contributed by atoms with Crippen molar-refractivity contribution in [1.82, 2.24) is 20.4 Å². The monoisotopic (exact) mass is 370 g/mol. The maximum atomic E-state index is 11.8. The zero-order valence-corrected chi connectivity index (χ0v) is 13.1. The SMILES string of the molecule is O=C(NCO)N(CO)C1(CO)C(=O)NC(=O)N1CO.OCC(O)CO.